The fourth-order valence-corrected chi connectivity index (χ4v) is 1.88. The number of carbonyl (C=O) groups is 1. The van der Waals surface area contributed by atoms with E-state index in [1.807, 2.05) is 25.1 Å². The van der Waals surface area contributed by atoms with Crippen LogP contribution in [0.5, 0.6) is 0 Å². The first kappa shape index (κ1) is 14.1. The van der Waals surface area contributed by atoms with Gasteiger partial charge in [-0.1, -0.05) is 31.2 Å². The van der Waals surface area contributed by atoms with E-state index in [1.54, 1.807) is 18.5 Å². The Bertz CT molecular complexity index is 570. The van der Waals surface area contributed by atoms with Gasteiger partial charge in [0.25, 0.3) is 0 Å². The third-order valence-corrected chi connectivity index (χ3v) is 3.19. The number of H-pyrrole nitrogens is 1. The number of hydrogen-bond donors (Lipinski definition) is 2. The normalized spacial score (nSPS) is 12.5. The number of aromatic amines is 1. The van der Waals surface area contributed by atoms with E-state index in [0.29, 0.717) is 0 Å². The second-order valence-electron chi connectivity index (χ2n) is 4.69. The minimum atomic E-state index is -0.113. The average Bonchev–Trinajstić information content (AvgIpc) is 3.00. The highest BCUT2D eigenvalue weighted by atomic mass is 16.1. The van der Waals surface area contributed by atoms with Crippen molar-refractivity contribution >= 4 is 12.0 Å². The van der Waals surface area contributed by atoms with Gasteiger partial charge in [-0.3, -0.25) is 9.89 Å². The van der Waals surface area contributed by atoms with Crippen LogP contribution in [0.1, 0.15) is 36.6 Å². The molecule has 4 heteroatoms. The Hall–Kier alpha value is -2.36. The van der Waals surface area contributed by atoms with Crippen LogP contribution in [0.2, 0.25) is 0 Å². The van der Waals surface area contributed by atoms with Crippen molar-refractivity contribution < 1.29 is 4.79 Å². The number of carbonyl (C=O) groups excluding carboxylic acids is 1. The van der Waals surface area contributed by atoms with Crippen LogP contribution < -0.4 is 5.32 Å². The molecular weight excluding hydrogens is 250 g/mol. The zero-order valence-corrected chi connectivity index (χ0v) is 11.8. The molecule has 0 spiro atoms. The predicted molar refractivity (Wildman–Crippen MR) is 80.0 cm³/mol. The van der Waals surface area contributed by atoms with Crippen molar-refractivity contribution in [3.8, 4) is 0 Å². The summed E-state index contributed by atoms with van der Waals surface area (Å²) in [5.74, 6) is -0.113. The summed E-state index contributed by atoms with van der Waals surface area (Å²) < 4.78 is 0. The second kappa shape index (κ2) is 6.70. The van der Waals surface area contributed by atoms with Crippen LogP contribution in [0, 0.1) is 0 Å². The number of amides is 1. The summed E-state index contributed by atoms with van der Waals surface area (Å²) in [6.07, 6.45) is 7.87. The lowest BCUT2D eigenvalue weighted by molar-refractivity contribution is -0.117. The lowest BCUT2D eigenvalue weighted by atomic mass is 10.1. The lowest BCUT2D eigenvalue weighted by Crippen LogP contribution is -2.24. The van der Waals surface area contributed by atoms with Gasteiger partial charge in [-0.2, -0.15) is 5.10 Å². The van der Waals surface area contributed by atoms with Crippen LogP contribution in [0.25, 0.3) is 6.08 Å². The number of hydrogen-bond acceptors (Lipinski definition) is 2. The highest BCUT2D eigenvalue weighted by Crippen LogP contribution is 2.09. The van der Waals surface area contributed by atoms with Crippen LogP contribution in [-0.4, -0.2) is 16.1 Å². The number of nitrogens with zero attached hydrogens (tertiary/aromatic N) is 1. The molecule has 0 bridgehead atoms. The zero-order chi connectivity index (χ0) is 14.4. The van der Waals surface area contributed by atoms with E-state index < -0.39 is 0 Å². The Kier molecular flexibility index (Phi) is 4.71. The van der Waals surface area contributed by atoms with Gasteiger partial charge in [0.1, 0.15) is 0 Å². The Balaban J connectivity index is 1.91. The number of rotatable bonds is 5. The molecule has 2 N–H and O–H groups in total. The first-order valence-corrected chi connectivity index (χ1v) is 6.75. The molecule has 4 nitrogen and oxygen atoms in total. The van der Waals surface area contributed by atoms with Crippen LogP contribution in [0.3, 0.4) is 0 Å². The molecule has 20 heavy (non-hydrogen) atoms. The van der Waals surface area contributed by atoms with Crippen molar-refractivity contribution in [1.82, 2.24) is 15.5 Å². The van der Waals surface area contributed by atoms with Crippen molar-refractivity contribution in [2.45, 2.75) is 26.3 Å². The van der Waals surface area contributed by atoms with Crippen LogP contribution in [0.15, 0.2) is 42.7 Å². The molecule has 1 amide bonds. The Morgan fingerprint density at radius 1 is 1.40 bits per heavy atom. The molecule has 0 saturated carbocycles. The largest absolute Gasteiger partial charge is 0.346 e. The highest BCUT2D eigenvalue weighted by molar-refractivity contribution is 5.91. The first-order chi connectivity index (χ1) is 9.69. The standard InChI is InChI=1S/C16H19N3O/c1-3-13-4-6-14(7-5-13)8-9-16(20)19-12(2)15-10-17-18-11-15/h4-12H,3H2,1-2H3,(H,17,18)(H,19,20)/b9-8+. The first-order valence-electron chi connectivity index (χ1n) is 6.75. The van der Waals surface area contributed by atoms with Gasteiger partial charge >= 0.3 is 0 Å². The van der Waals surface area contributed by atoms with Crippen LogP contribution >= 0.6 is 0 Å². The number of aryl methyl sites for hydroxylation is 1. The average molecular weight is 269 g/mol. The molecule has 0 fully saturated rings. The lowest BCUT2D eigenvalue weighted by Gasteiger charge is -2.09. The summed E-state index contributed by atoms with van der Waals surface area (Å²) in [6, 6.07) is 8.12. The summed E-state index contributed by atoms with van der Waals surface area (Å²) in [5, 5.41) is 9.49. The van der Waals surface area contributed by atoms with E-state index in [9.17, 15) is 4.79 Å². The van der Waals surface area contributed by atoms with Gasteiger partial charge in [-0.15, -0.1) is 0 Å². The quantitative estimate of drug-likeness (QED) is 0.820. The third kappa shape index (κ3) is 3.82. The van der Waals surface area contributed by atoms with Crippen LogP contribution in [-0.2, 0) is 11.2 Å². The number of benzene rings is 1. The SMILES string of the molecule is CCc1ccc(/C=C/C(=O)NC(C)c2cn[nH]c2)cc1. The Morgan fingerprint density at radius 3 is 2.75 bits per heavy atom. The van der Waals surface area contributed by atoms with Crippen molar-refractivity contribution in [2.75, 3.05) is 0 Å². The summed E-state index contributed by atoms with van der Waals surface area (Å²) in [4.78, 5) is 11.8. The van der Waals surface area contributed by atoms with E-state index in [0.717, 1.165) is 17.5 Å². The molecule has 2 rings (SSSR count). The number of aromatic nitrogens is 2. The molecule has 0 aliphatic heterocycles. The van der Waals surface area contributed by atoms with Gasteiger partial charge < -0.3 is 5.32 Å². The molecular formula is C16H19N3O. The maximum atomic E-state index is 11.8. The minimum absolute atomic E-state index is 0.0617. The van der Waals surface area contributed by atoms with Crippen molar-refractivity contribution in [3.63, 3.8) is 0 Å². The molecule has 0 saturated heterocycles. The van der Waals surface area contributed by atoms with Crippen molar-refractivity contribution in [1.29, 1.82) is 0 Å². The Labute approximate surface area is 118 Å². The minimum Gasteiger partial charge on any atom is -0.346 e. The molecule has 104 valence electrons. The molecule has 1 heterocycles. The van der Waals surface area contributed by atoms with Gasteiger partial charge in [0.05, 0.1) is 12.2 Å². The summed E-state index contributed by atoms with van der Waals surface area (Å²) in [6.45, 7) is 4.04. The van der Waals surface area contributed by atoms with E-state index in [2.05, 4.69) is 34.6 Å². The zero-order valence-electron chi connectivity index (χ0n) is 11.8. The van der Waals surface area contributed by atoms with E-state index in [1.165, 1.54) is 5.56 Å². The van der Waals surface area contributed by atoms with Gasteiger partial charge in [0.15, 0.2) is 0 Å². The Morgan fingerprint density at radius 2 is 2.15 bits per heavy atom. The highest BCUT2D eigenvalue weighted by Gasteiger charge is 2.07. The summed E-state index contributed by atoms with van der Waals surface area (Å²) in [7, 11) is 0. The second-order valence-corrected chi connectivity index (χ2v) is 4.69. The van der Waals surface area contributed by atoms with Gasteiger partial charge in [0.2, 0.25) is 5.91 Å². The monoisotopic (exact) mass is 269 g/mol. The summed E-state index contributed by atoms with van der Waals surface area (Å²) >= 11 is 0. The molecule has 1 atom stereocenters. The number of nitrogens with one attached hydrogen (secondary N) is 2. The molecule has 0 aliphatic carbocycles. The summed E-state index contributed by atoms with van der Waals surface area (Å²) in [5.41, 5.74) is 3.27. The van der Waals surface area contributed by atoms with E-state index in [4.69, 9.17) is 0 Å². The fourth-order valence-electron chi connectivity index (χ4n) is 1.88. The maximum Gasteiger partial charge on any atom is 0.244 e. The molecule has 2 aromatic rings. The van der Waals surface area contributed by atoms with Gasteiger partial charge in [-0.25, -0.2) is 0 Å². The molecule has 1 unspecified atom stereocenters. The van der Waals surface area contributed by atoms with Gasteiger partial charge in [0, 0.05) is 17.8 Å². The van der Waals surface area contributed by atoms with Crippen molar-refractivity contribution in [3.05, 3.63) is 59.4 Å². The van der Waals surface area contributed by atoms with Gasteiger partial charge in [-0.05, 0) is 30.5 Å². The van der Waals surface area contributed by atoms with Crippen molar-refractivity contribution in [2.24, 2.45) is 0 Å². The molecule has 1 aromatic carbocycles. The topological polar surface area (TPSA) is 57.8 Å². The fraction of sp³-hybridized carbons (Fsp3) is 0.250. The van der Waals surface area contributed by atoms with E-state index >= 15 is 0 Å². The third-order valence-electron chi connectivity index (χ3n) is 3.19. The smallest absolute Gasteiger partial charge is 0.244 e. The van der Waals surface area contributed by atoms with Crippen LogP contribution in [0.4, 0.5) is 0 Å². The molecule has 0 aliphatic rings. The maximum absolute atomic E-state index is 11.8. The molecule has 1 aromatic heterocycles. The molecule has 0 radical (unpaired) electrons. The predicted octanol–water partition coefficient (Wildman–Crippen LogP) is 2.86. The van der Waals surface area contributed by atoms with E-state index in [-0.39, 0.29) is 11.9 Å².